The first kappa shape index (κ1) is 13.8. The molecule has 92 valence electrons. The molecule has 0 aliphatic rings. The van der Waals surface area contributed by atoms with Crippen molar-refractivity contribution in [3.63, 3.8) is 0 Å². The summed E-state index contributed by atoms with van der Waals surface area (Å²) in [4.78, 5) is 2.13. The lowest BCUT2D eigenvalue weighted by Gasteiger charge is -2.13. The van der Waals surface area contributed by atoms with E-state index in [4.69, 9.17) is 6.42 Å². The highest BCUT2D eigenvalue weighted by atomic mass is 15.1. The van der Waals surface area contributed by atoms with Gasteiger partial charge in [-0.2, -0.15) is 0 Å². The highest BCUT2D eigenvalue weighted by Gasteiger charge is 1.99. The zero-order valence-corrected chi connectivity index (χ0v) is 10.9. The summed E-state index contributed by atoms with van der Waals surface area (Å²) >= 11 is 0. The Kier molecular flexibility index (Phi) is 6.39. The van der Waals surface area contributed by atoms with Crippen LogP contribution in [0.4, 0.5) is 0 Å². The lowest BCUT2D eigenvalue weighted by molar-refractivity contribution is 0.369. The highest BCUT2D eigenvalue weighted by Crippen LogP contribution is 2.07. The molecule has 17 heavy (non-hydrogen) atoms. The molecule has 2 nitrogen and oxygen atoms in total. The molecule has 0 amide bonds. The number of hydrogen-bond acceptors (Lipinski definition) is 2. The predicted octanol–water partition coefficient (Wildman–Crippen LogP) is 1.90. The van der Waals surface area contributed by atoms with Crippen molar-refractivity contribution < 1.29 is 0 Å². The van der Waals surface area contributed by atoms with Gasteiger partial charge < -0.3 is 5.32 Å². The summed E-state index contributed by atoms with van der Waals surface area (Å²) in [5.74, 6) is 2.65. The normalized spacial score (nSPS) is 10.5. The third kappa shape index (κ3) is 5.53. The third-order valence-electron chi connectivity index (χ3n) is 2.68. The first-order valence-corrected chi connectivity index (χ1v) is 6.16. The van der Waals surface area contributed by atoms with Crippen LogP contribution in [0.1, 0.15) is 18.1 Å². The molecule has 0 fully saturated rings. The highest BCUT2D eigenvalue weighted by molar-refractivity contribution is 5.22. The van der Waals surface area contributed by atoms with E-state index in [1.807, 2.05) is 7.05 Å². The third-order valence-corrected chi connectivity index (χ3v) is 2.68. The quantitative estimate of drug-likeness (QED) is 0.568. The molecule has 1 aromatic rings. The molecule has 0 heterocycles. The first-order valence-electron chi connectivity index (χ1n) is 6.16. The van der Waals surface area contributed by atoms with Crippen LogP contribution in [-0.2, 0) is 13.0 Å². The van der Waals surface area contributed by atoms with Crippen molar-refractivity contribution in [3.8, 4) is 12.3 Å². The second-order valence-electron chi connectivity index (χ2n) is 4.30. The van der Waals surface area contributed by atoms with Crippen LogP contribution in [0, 0.1) is 12.3 Å². The Morgan fingerprint density at radius 2 is 1.88 bits per heavy atom. The molecule has 0 aliphatic heterocycles. The fraction of sp³-hybridized carbons (Fsp3) is 0.467. The molecule has 0 aliphatic carbocycles. The van der Waals surface area contributed by atoms with E-state index < -0.39 is 0 Å². The van der Waals surface area contributed by atoms with Gasteiger partial charge in [0.1, 0.15) is 0 Å². The molecule has 0 spiro atoms. The van der Waals surface area contributed by atoms with Crippen molar-refractivity contribution in [1.29, 1.82) is 0 Å². The largest absolute Gasteiger partial charge is 0.317 e. The van der Waals surface area contributed by atoms with Crippen molar-refractivity contribution >= 4 is 0 Å². The van der Waals surface area contributed by atoms with Crippen LogP contribution >= 0.6 is 0 Å². The van der Waals surface area contributed by atoms with E-state index >= 15 is 0 Å². The van der Waals surface area contributed by atoms with E-state index in [2.05, 4.69) is 47.3 Å². The Hall–Kier alpha value is -1.30. The predicted molar refractivity (Wildman–Crippen MR) is 73.9 cm³/mol. The zero-order valence-electron chi connectivity index (χ0n) is 10.9. The number of nitrogens with zero attached hydrogens (tertiary/aromatic N) is 1. The van der Waals surface area contributed by atoms with Crippen LogP contribution in [0.25, 0.3) is 0 Å². The van der Waals surface area contributed by atoms with Crippen LogP contribution in [0.3, 0.4) is 0 Å². The molecule has 1 aromatic carbocycles. The van der Waals surface area contributed by atoms with Gasteiger partial charge in [-0.05, 0) is 37.7 Å². The summed E-state index contributed by atoms with van der Waals surface area (Å²) in [5, 5.41) is 3.33. The fourth-order valence-corrected chi connectivity index (χ4v) is 1.74. The number of likely N-dealkylation sites (N-methyl/N-ethyl adjacent to an activating group) is 1. The monoisotopic (exact) mass is 230 g/mol. The molecule has 2 heteroatoms. The lowest BCUT2D eigenvalue weighted by atomic mass is 10.1. The first-order chi connectivity index (χ1) is 8.26. The second-order valence-corrected chi connectivity index (χ2v) is 4.30. The minimum Gasteiger partial charge on any atom is -0.317 e. The van der Waals surface area contributed by atoms with Gasteiger partial charge in [0.2, 0.25) is 0 Å². The molecule has 1 N–H and O–H groups in total. The number of terminal acetylenes is 1. The van der Waals surface area contributed by atoms with Gasteiger partial charge in [-0.25, -0.2) is 0 Å². The molecule has 0 radical (unpaired) electrons. The van der Waals surface area contributed by atoms with Crippen LogP contribution in [-0.4, -0.2) is 31.6 Å². The van der Waals surface area contributed by atoms with E-state index in [0.717, 1.165) is 26.1 Å². The summed E-state index contributed by atoms with van der Waals surface area (Å²) in [6.07, 6.45) is 6.37. The topological polar surface area (TPSA) is 15.3 Å². The van der Waals surface area contributed by atoms with Gasteiger partial charge in [0.05, 0.1) is 6.54 Å². The Balaban J connectivity index is 2.42. The summed E-state index contributed by atoms with van der Waals surface area (Å²) in [5.41, 5.74) is 2.70. The van der Waals surface area contributed by atoms with Gasteiger partial charge in [0.25, 0.3) is 0 Å². The van der Waals surface area contributed by atoms with Gasteiger partial charge >= 0.3 is 0 Å². The fourth-order valence-electron chi connectivity index (χ4n) is 1.74. The number of benzene rings is 1. The molecule has 0 bridgehead atoms. The minimum atomic E-state index is 0.697. The van der Waals surface area contributed by atoms with E-state index in [9.17, 15) is 0 Å². The van der Waals surface area contributed by atoms with Crippen molar-refractivity contribution in [3.05, 3.63) is 35.4 Å². The van der Waals surface area contributed by atoms with Gasteiger partial charge in [0.15, 0.2) is 0 Å². The molecule has 0 atom stereocenters. The maximum atomic E-state index is 5.28. The molecule has 0 aromatic heterocycles. The second kappa shape index (κ2) is 7.89. The van der Waals surface area contributed by atoms with E-state index in [1.165, 1.54) is 11.1 Å². The maximum Gasteiger partial charge on any atom is 0.0599 e. The van der Waals surface area contributed by atoms with E-state index in [-0.39, 0.29) is 0 Å². The van der Waals surface area contributed by atoms with Gasteiger partial charge in [-0.15, -0.1) is 6.42 Å². The molecular formula is C15H22N2. The van der Waals surface area contributed by atoms with Crippen LogP contribution in [0.2, 0.25) is 0 Å². The number of nitrogens with one attached hydrogen (secondary N) is 1. The summed E-state index contributed by atoms with van der Waals surface area (Å²) in [7, 11) is 2.04. The minimum absolute atomic E-state index is 0.697. The smallest absolute Gasteiger partial charge is 0.0599 e. The van der Waals surface area contributed by atoms with Crippen molar-refractivity contribution in [1.82, 2.24) is 10.2 Å². The Bertz CT molecular complexity index is 348. The Morgan fingerprint density at radius 1 is 1.24 bits per heavy atom. The molecule has 0 unspecified atom stereocenters. The average molecular weight is 230 g/mol. The van der Waals surface area contributed by atoms with Crippen molar-refractivity contribution in [2.45, 2.75) is 19.9 Å². The maximum absolute atomic E-state index is 5.28. The standard InChI is InChI=1S/C15H22N2/c1-4-12-17(3)13-15-8-6-14(7-9-15)10-11-16-5-2/h1,6-9,16H,5,10-13H2,2-3H3. The molecule has 1 rings (SSSR count). The Morgan fingerprint density at radius 3 is 2.47 bits per heavy atom. The SMILES string of the molecule is C#CCN(C)Cc1ccc(CCNCC)cc1. The number of rotatable bonds is 7. The van der Waals surface area contributed by atoms with Gasteiger partial charge in [0, 0.05) is 6.54 Å². The number of hydrogen-bond donors (Lipinski definition) is 1. The average Bonchev–Trinajstić information content (AvgIpc) is 2.32. The van der Waals surface area contributed by atoms with Crippen molar-refractivity contribution in [2.24, 2.45) is 0 Å². The van der Waals surface area contributed by atoms with E-state index in [1.54, 1.807) is 0 Å². The summed E-state index contributed by atoms with van der Waals surface area (Å²) < 4.78 is 0. The van der Waals surface area contributed by atoms with Crippen LogP contribution in [0.15, 0.2) is 24.3 Å². The van der Waals surface area contributed by atoms with Crippen molar-refractivity contribution in [2.75, 3.05) is 26.7 Å². The zero-order chi connectivity index (χ0) is 12.5. The van der Waals surface area contributed by atoms with Gasteiger partial charge in [-0.1, -0.05) is 37.1 Å². The molecular weight excluding hydrogens is 208 g/mol. The summed E-state index contributed by atoms with van der Waals surface area (Å²) in [6, 6.07) is 8.79. The lowest BCUT2D eigenvalue weighted by Crippen LogP contribution is -2.18. The van der Waals surface area contributed by atoms with E-state index in [0.29, 0.717) is 6.54 Å². The molecule has 0 saturated carbocycles. The van der Waals surface area contributed by atoms with Crippen LogP contribution in [0.5, 0.6) is 0 Å². The Labute approximate surface area is 105 Å². The molecule has 0 saturated heterocycles. The van der Waals surface area contributed by atoms with Gasteiger partial charge in [-0.3, -0.25) is 4.90 Å². The summed E-state index contributed by atoms with van der Waals surface area (Å²) in [6.45, 7) is 5.83. The van der Waals surface area contributed by atoms with Crippen LogP contribution < -0.4 is 5.32 Å².